The number of hydrogen-bond acceptors (Lipinski definition) is 4. The first-order valence-electron chi connectivity index (χ1n) is 6.41. The second-order valence-electron chi connectivity index (χ2n) is 4.75. The van der Waals surface area contributed by atoms with Gasteiger partial charge in [-0.05, 0) is 50.5 Å². The Bertz CT molecular complexity index is 511. The summed E-state index contributed by atoms with van der Waals surface area (Å²) in [5.74, 6) is -0.382. The van der Waals surface area contributed by atoms with Crippen LogP contribution in [0.15, 0.2) is 23.9 Å². The van der Waals surface area contributed by atoms with Crippen LogP contribution in [0.4, 0.5) is 0 Å². The highest BCUT2D eigenvalue weighted by atomic mass is 16.7. The van der Waals surface area contributed by atoms with Crippen LogP contribution in [-0.2, 0) is 14.4 Å². The van der Waals surface area contributed by atoms with E-state index in [-0.39, 0.29) is 12.1 Å². The Labute approximate surface area is 113 Å². The smallest absolute Gasteiger partial charge is 0.356 e. The molecule has 1 aromatic rings. The molecule has 0 saturated carbocycles. The molecule has 0 radical (unpaired) electrons. The summed E-state index contributed by atoms with van der Waals surface area (Å²) in [4.78, 5) is 17.1. The van der Waals surface area contributed by atoms with E-state index in [1.807, 2.05) is 0 Å². The third-order valence-electron chi connectivity index (χ3n) is 3.13. The minimum Gasteiger partial charge on any atom is -0.461 e. The van der Waals surface area contributed by atoms with Crippen molar-refractivity contribution in [3.05, 3.63) is 46.2 Å². The summed E-state index contributed by atoms with van der Waals surface area (Å²) in [6, 6.07) is 4.23. The topological polar surface area (TPSA) is 47.6 Å². The molecule has 0 spiro atoms. The van der Waals surface area contributed by atoms with Gasteiger partial charge in [0.05, 0.1) is 6.61 Å². The van der Waals surface area contributed by atoms with E-state index in [1.54, 1.807) is 13.0 Å². The standard InChI is InChI=1S/C15H19NO3/c1-5-18-15(17)12-8-13(19-16-12)14-10(3)6-9(2)7-11(14)4/h6-8,13,16H,5H2,1-4H3. The molecule has 1 heterocycles. The third kappa shape index (κ3) is 2.79. The van der Waals surface area contributed by atoms with E-state index in [4.69, 9.17) is 9.57 Å². The van der Waals surface area contributed by atoms with Gasteiger partial charge in [-0.3, -0.25) is 10.3 Å². The van der Waals surface area contributed by atoms with Gasteiger partial charge in [-0.15, -0.1) is 0 Å². The molecule has 0 bridgehead atoms. The lowest BCUT2D eigenvalue weighted by Gasteiger charge is -2.15. The minimum atomic E-state index is -0.382. The molecular weight excluding hydrogens is 242 g/mol. The molecule has 0 amide bonds. The van der Waals surface area contributed by atoms with E-state index in [9.17, 15) is 4.79 Å². The molecule has 0 aromatic heterocycles. The van der Waals surface area contributed by atoms with Gasteiger partial charge in [-0.25, -0.2) is 4.79 Å². The highest BCUT2D eigenvalue weighted by Gasteiger charge is 2.25. The number of hydrogen-bond donors (Lipinski definition) is 1. The number of nitrogens with one attached hydrogen (secondary N) is 1. The van der Waals surface area contributed by atoms with Crippen molar-refractivity contribution in [1.29, 1.82) is 0 Å². The first kappa shape index (κ1) is 13.6. The van der Waals surface area contributed by atoms with Crippen LogP contribution >= 0.6 is 0 Å². The van der Waals surface area contributed by atoms with Crippen LogP contribution in [0.2, 0.25) is 0 Å². The fourth-order valence-electron chi connectivity index (χ4n) is 2.45. The fourth-order valence-corrected chi connectivity index (χ4v) is 2.45. The van der Waals surface area contributed by atoms with E-state index in [1.165, 1.54) is 5.56 Å². The lowest BCUT2D eigenvalue weighted by Crippen LogP contribution is -2.17. The molecule has 1 unspecified atom stereocenters. The predicted molar refractivity (Wildman–Crippen MR) is 72.3 cm³/mol. The van der Waals surface area contributed by atoms with Crippen LogP contribution in [0.3, 0.4) is 0 Å². The lowest BCUT2D eigenvalue weighted by atomic mass is 9.95. The van der Waals surface area contributed by atoms with Crippen LogP contribution in [0.5, 0.6) is 0 Å². The molecule has 4 nitrogen and oxygen atoms in total. The number of rotatable bonds is 3. The molecule has 4 heteroatoms. The van der Waals surface area contributed by atoms with Crippen LogP contribution in [-0.4, -0.2) is 12.6 Å². The summed E-state index contributed by atoms with van der Waals surface area (Å²) in [5, 5.41) is 0. The Hall–Kier alpha value is -1.81. The Morgan fingerprint density at radius 1 is 1.32 bits per heavy atom. The molecule has 2 rings (SSSR count). The molecule has 1 aromatic carbocycles. The average Bonchev–Trinajstić information content (AvgIpc) is 2.77. The Morgan fingerprint density at radius 2 is 1.95 bits per heavy atom. The van der Waals surface area contributed by atoms with Crippen molar-refractivity contribution in [3.8, 4) is 0 Å². The van der Waals surface area contributed by atoms with Crippen molar-refractivity contribution in [2.75, 3.05) is 6.61 Å². The van der Waals surface area contributed by atoms with E-state index in [0.717, 1.165) is 16.7 Å². The summed E-state index contributed by atoms with van der Waals surface area (Å²) in [5.41, 5.74) is 7.64. The maximum atomic E-state index is 11.6. The number of carbonyl (C=O) groups is 1. The van der Waals surface area contributed by atoms with Gasteiger partial charge in [0.25, 0.3) is 0 Å². The van der Waals surface area contributed by atoms with Crippen molar-refractivity contribution in [3.63, 3.8) is 0 Å². The number of carbonyl (C=O) groups excluding carboxylic acids is 1. The highest BCUT2D eigenvalue weighted by Crippen LogP contribution is 2.30. The number of esters is 1. The Balaban J connectivity index is 2.28. The highest BCUT2D eigenvalue weighted by molar-refractivity contribution is 5.88. The summed E-state index contributed by atoms with van der Waals surface area (Å²) in [6.07, 6.45) is 1.52. The van der Waals surface area contributed by atoms with Crippen LogP contribution in [0.1, 0.15) is 35.3 Å². The molecular formula is C15H19NO3. The Morgan fingerprint density at radius 3 is 2.53 bits per heavy atom. The van der Waals surface area contributed by atoms with Gasteiger partial charge in [-0.2, -0.15) is 0 Å². The van der Waals surface area contributed by atoms with E-state index < -0.39 is 0 Å². The first-order chi connectivity index (χ1) is 9.02. The first-order valence-corrected chi connectivity index (χ1v) is 6.41. The summed E-state index contributed by atoms with van der Waals surface area (Å²) in [7, 11) is 0. The Kier molecular flexibility index (Phi) is 3.90. The number of ether oxygens (including phenoxy) is 1. The van der Waals surface area contributed by atoms with E-state index in [0.29, 0.717) is 12.3 Å². The fraction of sp³-hybridized carbons (Fsp3) is 0.400. The largest absolute Gasteiger partial charge is 0.461 e. The monoisotopic (exact) mass is 261 g/mol. The van der Waals surface area contributed by atoms with E-state index in [2.05, 4.69) is 38.4 Å². The summed E-state index contributed by atoms with van der Waals surface area (Å²) >= 11 is 0. The van der Waals surface area contributed by atoms with Gasteiger partial charge in [-0.1, -0.05) is 17.7 Å². The third-order valence-corrected chi connectivity index (χ3v) is 3.13. The zero-order valence-electron chi connectivity index (χ0n) is 11.7. The van der Waals surface area contributed by atoms with Gasteiger partial charge >= 0.3 is 5.97 Å². The summed E-state index contributed by atoms with van der Waals surface area (Å²) < 4.78 is 4.94. The number of benzene rings is 1. The molecule has 19 heavy (non-hydrogen) atoms. The SMILES string of the molecule is CCOC(=O)C1=CC(c2c(C)cc(C)cc2C)ON1. The maximum Gasteiger partial charge on any atom is 0.356 e. The number of aryl methyl sites for hydroxylation is 3. The van der Waals surface area contributed by atoms with Crippen molar-refractivity contribution in [2.45, 2.75) is 33.8 Å². The molecule has 102 valence electrons. The van der Waals surface area contributed by atoms with Crippen LogP contribution in [0, 0.1) is 20.8 Å². The average molecular weight is 261 g/mol. The van der Waals surface area contributed by atoms with Gasteiger partial charge in [0, 0.05) is 0 Å². The second kappa shape index (κ2) is 5.45. The van der Waals surface area contributed by atoms with E-state index >= 15 is 0 Å². The van der Waals surface area contributed by atoms with Gasteiger partial charge < -0.3 is 4.74 Å². The van der Waals surface area contributed by atoms with Gasteiger partial charge in [0.1, 0.15) is 11.8 Å². The molecule has 1 atom stereocenters. The van der Waals surface area contributed by atoms with Crippen molar-refractivity contribution in [2.24, 2.45) is 0 Å². The van der Waals surface area contributed by atoms with Gasteiger partial charge in [0.2, 0.25) is 0 Å². The van der Waals surface area contributed by atoms with Crippen molar-refractivity contribution in [1.82, 2.24) is 5.48 Å². The second-order valence-corrected chi connectivity index (χ2v) is 4.75. The molecule has 0 saturated heterocycles. The molecule has 1 N–H and O–H groups in total. The quantitative estimate of drug-likeness (QED) is 0.850. The molecule has 1 aliphatic heterocycles. The van der Waals surface area contributed by atoms with Crippen molar-refractivity contribution < 1.29 is 14.4 Å². The molecule has 0 fully saturated rings. The molecule has 1 aliphatic rings. The maximum absolute atomic E-state index is 11.6. The van der Waals surface area contributed by atoms with Gasteiger partial charge in [0.15, 0.2) is 0 Å². The molecule has 0 aliphatic carbocycles. The minimum absolute atomic E-state index is 0.250. The van der Waals surface area contributed by atoms with Crippen LogP contribution < -0.4 is 5.48 Å². The lowest BCUT2D eigenvalue weighted by molar-refractivity contribution is -0.140. The number of hydroxylamine groups is 1. The van der Waals surface area contributed by atoms with Crippen molar-refractivity contribution >= 4 is 5.97 Å². The zero-order valence-corrected chi connectivity index (χ0v) is 11.7. The predicted octanol–water partition coefficient (Wildman–Crippen LogP) is 2.63. The van der Waals surface area contributed by atoms with Crippen LogP contribution in [0.25, 0.3) is 0 Å². The summed E-state index contributed by atoms with van der Waals surface area (Å²) in [6.45, 7) is 8.30. The normalized spacial score (nSPS) is 17.9. The zero-order chi connectivity index (χ0) is 14.0.